The van der Waals surface area contributed by atoms with Gasteiger partial charge in [-0.25, -0.2) is 0 Å². The van der Waals surface area contributed by atoms with Crippen LogP contribution >= 0.6 is 0 Å². The first-order chi connectivity index (χ1) is 7.38. The minimum Gasteiger partial charge on any atom is -0.457 e. The molecule has 0 aliphatic heterocycles. The van der Waals surface area contributed by atoms with E-state index in [4.69, 9.17) is 10.5 Å². The van der Waals surface area contributed by atoms with Gasteiger partial charge in [0.25, 0.3) is 0 Å². The fourth-order valence-corrected chi connectivity index (χ4v) is 1.34. The van der Waals surface area contributed by atoms with Gasteiger partial charge in [0.2, 0.25) is 0 Å². The minimum absolute atomic E-state index is 0.284. The fraction of sp³-hybridized carbons (Fsp3) is 0.0769. The second-order valence-corrected chi connectivity index (χ2v) is 3.24. The van der Waals surface area contributed by atoms with E-state index in [9.17, 15) is 0 Å². The molecular formula is C13H12NO. The summed E-state index contributed by atoms with van der Waals surface area (Å²) in [6.45, 7) is 0.284. The van der Waals surface area contributed by atoms with E-state index >= 15 is 0 Å². The summed E-state index contributed by atoms with van der Waals surface area (Å²) in [6, 6.07) is 17.3. The highest BCUT2D eigenvalue weighted by Crippen LogP contribution is 2.21. The van der Waals surface area contributed by atoms with Crippen LogP contribution in [0, 0.1) is 0 Å². The third-order valence-corrected chi connectivity index (χ3v) is 2.08. The Bertz CT molecular complexity index is 426. The van der Waals surface area contributed by atoms with Gasteiger partial charge in [0.1, 0.15) is 11.5 Å². The lowest BCUT2D eigenvalue weighted by atomic mass is 10.2. The quantitative estimate of drug-likeness (QED) is 0.745. The molecule has 0 bridgehead atoms. The van der Waals surface area contributed by atoms with Crippen LogP contribution in [0.1, 0.15) is 5.56 Å². The zero-order valence-electron chi connectivity index (χ0n) is 8.31. The first kappa shape index (κ1) is 9.74. The highest BCUT2D eigenvalue weighted by Gasteiger charge is 1.97. The van der Waals surface area contributed by atoms with Crippen LogP contribution in [0.25, 0.3) is 0 Å². The molecule has 2 heteroatoms. The Morgan fingerprint density at radius 3 is 2.33 bits per heavy atom. The first-order valence-electron chi connectivity index (χ1n) is 4.85. The Hall–Kier alpha value is -1.80. The van der Waals surface area contributed by atoms with E-state index in [0.717, 1.165) is 17.1 Å². The molecule has 0 unspecified atom stereocenters. The van der Waals surface area contributed by atoms with Crippen molar-refractivity contribution in [2.24, 2.45) is 0 Å². The van der Waals surface area contributed by atoms with Gasteiger partial charge < -0.3 is 4.74 Å². The van der Waals surface area contributed by atoms with Crippen molar-refractivity contribution in [3.8, 4) is 11.5 Å². The molecule has 2 aromatic rings. The molecule has 0 spiro atoms. The van der Waals surface area contributed by atoms with Gasteiger partial charge >= 0.3 is 0 Å². The van der Waals surface area contributed by atoms with Gasteiger partial charge in [0.15, 0.2) is 0 Å². The van der Waals surface area contributed by atoms with E-state index in [0.29, 0.717) is 0 Å². The van der Waals surface area contributed by atoms with Gasteiger partial charge in [-0.2, -0.15) is 0 Å². The van der Waals surface area contributed by atoms with Gasteiger partial charge in [-0.15, -0.1) is 0 Å². The molecular weight excluding hydrogens is 186 g/mol. The van der Waals surface area contributed by atoms with Gasteiger partial charge in [-0.1, -0.05) is 30.3 Å². The summed E-state index contributed by atoms with van der Waals surface area (Å²) in [6.07, 6.45) is 0. The Kier molecular flexibility index (Phi) is 3.00. The van der Waals surface area contributed by atoms with E-state index in [1.807, 2.05) is 54.6 Å². The van der Waals surface area contributed by atoms with Crippen LogP contribution in [0.4, 0.5) is 0 Å². The largest absolute Gasteiger partial charge is 0.457 e. The summed E-state index contributed by atoms with van der Waals surface area (Å²) in [5.41, 5.74) is 8.23. The minimum atomic E-state index is 0.284. The Labute approximate surface area is 89.3 Å². The molecule has 0 amide bonds. The van der Waals surface area contributed by atoms with E-state index in [2.05, 4.69) is 0 Å². The third-order valence-electron chi connectivity index (χ3n) is 2.08. The predicted molar refractivity (Wildman–Crippen MR) is 59.8 cm³/mol. The molecule has 0 aliphatic carbocycles. The van der Waals surface area contributed by atoms with Crippen molar-refractivity contribution in [1.82, 2.24) is 5.73 Å². The maximum atomic E-state index is 7.26. The summed E-state index contributed by atoms with van der Waals surface area (Å²) in [5.74, 6) is 1.60. The van der Waals surface area contributed by atoms with Gasteiger partial charge in [-0.05, 0) is 29.8 Å². The van der Waals surface area contributed by atoms with Crippen LogP contribution in [0.2, 0.25) is 0 Å². The van der Waals surface area contributed by atoms with Gasteiger partial charge in [0.05, 0.1) is 0 Å². The second kappa shape index (κ2) is 4.62. The highest BCUT2D eigenvalue weighted by atomic mass is 16.5. The Morgan fingerprint density at radius 2 is 1.60 bits per heavy atom. The Morgan fingerprint density at radius 1 is 0.867 bits per heavy atom. The van der Waals surface area contributed by atoms with Crippen molar-refractivity contribution >= 4 is 0 Å². The molecule has 0 atom stereocenters. The average molecular weight is 198 g/mol. The smallest absolute Gasteiger partial charge is 0.127 e. The Balaban J connectivity index is 2.17. The first-order valence-corrected chi connectivity index (χ1v) is 4.85. The second-order valence-electron chi connectivity index (χ2n) is 3.24. The normalized spacial score (nSPS) is 9.93. The topological polar surface area (TPSA) is 33.0 Å². The molecule has 0 saturated carbocycles. The predicted octanol–water partition coefficient (Wildman–Crippen LogP) is 3.26. The summed E-state index contributed by atoms with van der Waals surface area (Å²) in [7, 11) is 0. The molecule has 2 aromatic carbocycles. The van der Waals surface area contributed by atoms with E-state index in [1.54, 1.807) is 0 Å². The SMILES string of the molecule is [NH]Cc1cccc(Oc2ccccc2)c1. The molecule has 0 aliphatic rings. The average Bonchev–Trinajstić information content (AvgIpc) is 2.31. The molecule has 0 heterocycles. The summed E-state index contributed by atoms with van der Waals surface area (Å²) in [5, 5.41) is 0. The lowest BCUT2D eigenvalue weighted by molar-refractivity contribution is 0.482. The molecule has 2 nitrogen and oxygen atoms in total. The van der Waals surface area contributed by atoms with E-state index in [1.165, 1.54) is 0 Å². The summed E-state index contributed by atoms with van der Waals surface area (Å²) < 4.78 is 5.64. The van der Waals surface area contributed by atoms with Crippen molar-refractivity contribution in [3.63, 3.8) is 0 Å². The maximum Gasteiger partial charge on any atom is 0.127 e. The number of para-hydroxylation sites is 1. The monoisotopic (exact) mass is 198 g/mol. The molecule has 2 rings (SSSR count). The lowest BCUT2D eigenvalue weighted by Gasteiger charge is -2.06. The molecule has 0 saturated heterocycles. The van der Waals surface area contributed by atoms with Crippen molar-refractivity contribution in [3.05, 3.63) is 60.2 Å². The summed E-state index contributed by atoms with van der Waals surface area (Å²) in [4.78, 5) is 0. The van der Waals surface area contributed by atoms with Crippen molar-refractivity contribution in [2.75, 3.05) is 0 Å². The van der Waals surface area contributed by atoms with Crippen LogP contribution in [0.3, 0.4) is 0 Å². The highest BCUT2D eigenvalue weighted by molar-refractivity contribution is 5.33. The molecule has 75 valence electrons. The van der Waals surface area contributed by atoms with Crippen LogP contribution in [-0.2, 0) is 6.54 Å². The van der Waals surface area contributed by atoms with Crippen molar-refractivity contribution in [2.45, 2.75) is 6.54 Å². The van der Waals surface area contributed by atoms with Gasteiger partial charge in [0, 0.05) is 6.54 Å². The molecule has 1 radical (unpaired) electrons. The molecule has 0 fully saturated rings. The fourth-order valence-electron chi connectivity index (χ4n) is 1.34. The number of benzene rings is 2. The van der Waals surface area contributed by atoms with E-state index < -0.39 is 0 Å². The maximum absolute atomic E-state index is 7.26. The molecule has 1 N–H and O–H groups in total. The standard InChI is InChI=1S/C13H12NO/c14-10-11-5-4-8-13(9-11)15-12-6-2-1-3-7-12/h1-9,14H,10H2. The number of nitrogens with one attached hydrogen (secondary N) is 1. The molecule has 0 aromatic heterocycles. The zero-order valence-corrected chi connectivity index (χ0v) is 8.31. The van der Waals surface area contributed by atoms with Crippen molar-refractivity contribution in [1.29, 1.82) is 0 Å². The van der Waals surface area contributed by atoms with Crippen LogP contribution in [-0.4, -0.2) is 0 Å². The van der Waals surface area contributed by atoms with E-state index in [-0.39, 0.29) is 6.54 Å². The number of rotatable bonds is 3. The molecule has 15 heavy (non-hydrogen) atoms. The van der Waals surface area contributed by atoms with Crippen molar-refractivity contribution < 1.29 is 4.74 Å². The lowest BCUT2D eigenvalue weighted by Crippen LogP contribution is -1.87. The van der Waals surface area contributed by atoms with Gasteiger partial charge in [-0.3, -0.25) is 5.73 Å². The van der Waals surface area contributed by atoms with Crippen LogP contribution in [0.15, 0.2) is 54.6 Å². The zero-order chi connectivity index (χ0) is 10.5. The number of hydrogen-bond acceptors (Lipinski definition) is 1. The van der Waals surface area contributed by atoms with Crippen LogP contribution in [0.5, 0.6) is 11.5 Å². The number of ether oxygens (including phenoxy) is 1. The number of hydrogen-bond donors (Lipinski definition) is 0. The summed E-state index contributed by atoms with van der Waals surface area (Å²) >= 11 is 0. The third kappa shape index (κ3) is 2.58. The van der Waals surface area contributed by atoms with Crippen LogP contribution < -0.4 is 10.5 Å².